The molecule has 0 aliphatic heterocycles. The molecule has 0 spiro atoms. The van der Waals surface area contributed by atoms with Crippen molar-refractivity contribution in [3.05, 3.63) is 42.1 Å². The smallest absolute Gasteiger partial charge is 0.160 e. The summed E-state index contributed by atoms with van der Waals surface area (Å²) in [5.74, 6) is 0. The molecule has 3 rings (SSSR count). The van der Waals surface area contributed by atoms with E-state index in [4.69, 9.17) is 10.7 Å². The molecule has 1 aromatic carbocycles. The van der Waals surface area contributed by atoms with Crippen LogP contribution < -0.4 is 11.1 Å². The van der Waals surface area contributed by atoms with Crippen molar-refractivity contribution < 1.29 is 0 Å². The molecule has 0 saturated carbocycles. The topological polar surface area (TPSA) is 72.0 Å². The first-order valence-electron chi connectivity index (χ1n) is 9.05. The molecule has 0 unspecified atom stereocenters. The number of fused-ring (bicyclic) bond motifs is 1. The number of likely N-dealkylation sites (N-methyl/N-ethyl adjacent to an activating group) is 2. The lowest BCUT2D eigenvalue weighted by Crippen LogP contribution is -2.26. The first-order valence-corrected chi connectivity index (χ1v) is 9.05. The van der Waals surface area contributed by atoms with E-state index in [0.29, 0.717) is 5.69 Å². The summed E-state index contributed by atoms with van der Waals surface area (Å²) in [5.41, 5.74) is 11.1. The SMILES string of the molecule is CNCCN(C)Cc1cccc(-c2cc(N)c3cnn(C(C)C)c3n2)c1. The lowest BCUT2D eigenvalue weighted by molar-refractivity contribution is 0.328. The zero-order valence-corrected chi connectivity index (χ0v) is 16.0. The molecular weight excluding hydrogens is 324 g/mol. The summed E-state index contributed by atoms with van der Waals surface area (Å²) >= 11 is 0. The Kier molecular flexibility index (Phi) is 5.54. The third-order valence-corrected chi connectivity index (χ3v) is 4.51. The van der Waals surface area contributed by atoms with Crippen molar-refractivity contribution in [2.45, 2.75) is 26.4 Å². The van der Waals surface area contributed by atoms with Crippen LogP contribution in [0.25, 0.3) is 22.3 Å². The minimum absolute atomic E-state index is 0.238. The summed E-state index contributed by atoms with van der Waals surface area (Å²) in [6.45, 7) is 7.07. The van der Waals surface area contributed by atoms with Gasteiger partial charge in [0.1, 0.15) is 0 Å². The predicted octanol–water partition coefficient (Wildman–Crippen LogP) is 2.91. The first kappa shape index (κ1) is 18.4. The maximum atomic E-state index is 6.27. The summed E-state index contributed by atoms with van der Waals surface area (Å²) in [7, 11) is 4.11. The largest absolute Gasteiger partial charge is 0.398 e. The van der Waals surface area contributed by atoms with E-state index >= 15 is 0 Å². The molecule has 0 bridgehead atoms. The van der Waals surface area contributed by atoms with Crippen LogP contribution >= 0.6 is 0 Å². The van der Waals surface area contributed by atoms with Gasteiger partial charge in [-0.2, -0.15) is 5.10 Å². The Morgan fingerprint density at radius 1 is 1.27 bits per heavy atom. The highest BCUT2D eigenvalue weighted by molar-refractivity contribution is 5.90. The molecule has 0 atom stereocenters. The molecule has 3 aromatic rings. The number of aromatic nitrogens is 3. The molecule has 138 valence electrons. The van der Waals surface area contributed by atoms with Crippen LogP contribution in [-0.2, 0) is 6.54 Å². The van der Waals surface area contributed by atoms with E-state index < -0.39 is 0 Å². The standard InChI is InChI=1S/C20H28N6/c1-14(2)26-20-17(12-23-26)18(21)11-19(24-20)16-7-5-6-15(10-16)13-25(4)9-8-22-3/h5-7,10-12,14,22H,8-9,13H2,1-4H3,(H2,21,24). The summed E-state index contributed by atoms with van der Waals surface area (Å²) in [6, 6.07) is 10.7. The van der Waals surface area contributed by atoms with Crippen LogP contribution in [0, 0.1) is 0 Å². The number of nitrogens with two attached hydrogens (primary N) is 1. The number of rotatable bonds is 7. The zero-order valence-electron chi connectivity index (χ0n) is 16.0. The summed E-state index contributed by atoms with van der Waals surface area (Å²) in [6.07, 6.45) is 1.80. The summed E-state index contributed by atoms with van der Waals surface area (Å²) in [5, 5.41) is 8.53. The average Bonchev–Trinajstić information content (AvgIpc) is 3.05. The van der Waals surface area contributed by atoms with Crippen LogP contribution in [0.15, 0.2) is 36.5 Å². The van der Waals surface area contributed by atoms with Gasteiger partial charge in [-0.1, -0.05) is 18.2 Å². The molecular formula is C20H28N6. The van der Waals surface area contributed by atoms with Gasteiger partial charge in [0.05, 0.1) is 17.3 Å². The van der Waals surface area contributed by atoms with Crippen LogP contribution in [0.1, 0.15) is 25.5 Å². The number of hydrogen-bond donors (Lipinski definition) is 2. The summed E-state index contributed by atoms with van der Waals surface area (Å²) in [4.78, 5) is 7.15. The molecule has 0 aliphatic rings. The third kappa shape index (κ3) is 3.86. The van der Waals surface area contributed by atoms with Crippen LogP contribution in [0.4, 0.5) is 5.69 Å². The second kappa shape index (κ2) is 7.85. The second-order valence-corrected chi connectivity index (χ2v) is 7.06. The van der Waals surface area contributed by atoms with Crippen molar-refractivity contribution >= 4 is 16.7 Å². The quantitative estimate of drug-likeness (QED) is 0.684. The molecule has 0 radical (unpaired) electrons. The molecule has 6 nitrogen and oxygen atoms in total. The van der Waals surface area contributed by atoms with E-state index in [2.05, 4.69) is 60.5 Å². The maximum absolute atomic E-state index is 6.27. The first-order chi connectivity index (χ1) is 12.5. The zero-order chi connectivity index (χ0) is 18.7. The lowest BCUT2D eigenvalue weighted by Gasteiger charge is -2.17. The average molecular weight is 352 g/mol. The molecule has 0 amide bonds. The van der Waals surface area contributed by atoms with E-state index in [1.165, 1.54) is 5.56 Å². The number of benzene rings is 1. The number of anilines is 1. The van der Waals surface area contributed by atoms with Gasteiger partial charge >= 0.3 is 0 Å². The van der Waals surface area contributed by atoms with Gasteiger partial charge in [0.15, 0.2) is 5.65 Å². The molecule has 2 aromatic heterocycles. The fraction of sp³-hybridized carbons (Fsp3) is 0.400. The molecule has 0 saturated heterocycles. The highest BCUT2D eigenvalue weighted by Gasteiger charge is 2.13. The second-order valence-electron chi connectivity index (χ2n) is 7.06. The Morgan fingerprint density at radius 3 is 2.81 bits per heavy atom. The van der Waals surface area contributed by atoms with Crippen LogP contribution in [0.3, 0.4) is 0 Å². The van der Waals surface area contributed by atoms with Gasteiger partial charge in [-0.05, 0) is 45.6 Å². The minimum atomic E-state index is 0.238. The van der Waals surface area contributed by atoms with Crippen molar-refractivity contribution in [3.8, 4) is 11.3 Å². The van der Waals surface area contributed by atoms with Crippen molar-refractivity contribution in [3.63, 3.8) is 0 Å². The van der Waals surface area contributed by atoms with E-state index in [1.54, 1.807) is 6.20 Å². The number of hydrogen-bond acceptors (Lipinski definition) is 5. The van der Waals surface area contributed by atoms with Gasteiger partial charge in [-0.3, -0.25) is 0 Å². The van der Waals surface area contributed by atoms with Gasteiger partial charge in [0, 0.05) is 36.9 Å². The van der Waals surface area contributed by atoms with Crippen molar-refractivity contribution in [2.75, 3.05) is 32.9 Å². The Morgan fingerprint density at radius 2 is 2.08 bits per heavy atom. The fourth-order valence-corrected chi connectivity index (χ4v) is 3.09. The Labute approximate surface area is 155 Å². The summed E-state index contributed by atoms with van der Waals surface area (Å²) < 4.78 is 1.92. The van der Waals surface area contributed by atoms with Crippen molar-refractivity contribution in [1.29, 1.82) is 0 Å². The van der Waals surface area contributed by atoms with Gasteiger partial charge in [0.25, 0.3) is 0 Å². The van der Waals surface area contributed by atoms with Gasteiger partial charge in [0.2, 0.25) is 0 Å². The predicted molar refractivity (Wildman–Crippen MR) is 108 cm³/mol. The van der Waals surface area contributed by atoms with Gasteiger partial charge in [-0.25, -0.2) is 9.67 Å². The lowest BCUT2D eigenvalue weighted by atomic mass is 10.1. The normalized spacial score (nSPS) is 11.8. The number of nitrogen functional groups attached to an aromatic ring is 1. The van der Waals surface area contributed by atoms with Crippen molar-refractivity contribution in [1.82, 2.24) is 25.0 Å². The molecule has 6 heteroatoms. The monoisotopic (exact) mass is 352 g/mol. The van der Waals surface area contributed by atoms with Crippen LogP contribution in [0.2, 0.25) is 0 Å². The highest BCUT2D eigenvalue weighted by Crippen LogP contribution is 2.28. The number of pyridine rings is 1. The van der Waals surface area contributed by atoms with E-state index in [0.717, 1.165) is 41.9 Å². The van der Waals surface area contributed by atoms with E-state index in [9.17, 15) is 0 Å². The van der Waals surface area contributed by atoms with E-state index in [-0.39, 0.29) is 6.04 Å². The number of nitrogens with zero attached hydrogens (tertiary/aromatic N) is 4. The maximum Gasteiger partial charge on any atom is 0.160 e. The Hall–Kier alpha value is -2.44. The van der Waals surface area contributed by atoms with Gasteiger partial charge < -0.3 is 16.0 Å². The van der Waals surface area contributed by atoms with Crippen LogP contribution in [-0.4, -0.2) is 46.8 Å². The molecule has 3 N–H and O–H groups in total. The fourth-order valence-electron chi connectivity index (χ4n) is 3.09. The molecule has 0 fully saturated rings. The highest BCUT2D eigenvalue weighted by atomic mass is 15.3. The third-order valence-electron chi connectivity index (χ3n) is 4.51. The van der Waals surface area contributed by atoms with Crippen molar-refractivity contribution in [2.24, 2.45) is 0 Å². The molecule has 26 heavy (non-hydrogen) atoms. The van der Waals surface area contributed by atoms with Crippen LogP contribution in [0.5, 0.6) is 0 Å². The van der Waals surface area contributed by atoms with Gasteiger partial charge in [-0.15, -0.1) is 0 Å². The number of nitrogens with one attached hydrogen (secondary N) is 1. The van der Waals surface area contributed by atoms with E-state index in [1.807, 2.05) is 17.8 Å². The molecule has 0 aliphatic carbocycles. The Balaban J connectivity index is 1.93. The Bertz CT molecular complexity index is 883. The minimum Gasteiger partial charge on any atom is -0.398 e. The molecule has 2 heterocycles.